The molecule has 0 aromatic heterocycles. The molecule has 4 unspecified atom stereocenters. The first-order valence-corrected chi connectivity index (χ1v) is 9.44. The number of hydrogen-bond donors (Lipinski definition) is 6. The highest BCUT2D eigenvalue weighted by atomic mass is 16.4. The van der Waals surface area contributed by atoms with Crippen molar-refractivity contribution in [3.63, 3.8) is 0 Å². The highest BCUT2D eigenvalue weighted by Gasteiger charge is 2.30. The Labute approximate surface area is 170 Å². The molecule has 29 heavy (non-hydrogen) atoms. The first-order valence-electron chi connectivity index (χ1n) is 9.44. The van der Waals surface area contributed by atoms with Crippen LogP contribution < -0.4 is 27.4 Å². The maximum absolute atomic E-state index is 12.4. The summed E-state index contributed by atoms with van der Waals surface area (Å²) in [6, 6.07) is -4.42. The molecule has 0 aliphatic heterocycles. The minimum Gasteiger partial charge on any atom is -0.480 e. The molecule has 0 aromatic rings. The fourth-order valence-corrected chi connectivity index (χ4v) is 2.35. The first kappa shape index (κ1) is 26.3. The van der Waals surface area contributed by atoms with E-state index in [4.69, 9.17) is 11.5 Å². The van der Waals surface area contributed by atoms with Crippen LogP contribution >= 0.6 is 0 Å². The van der Waals surface area contributed by atoms with Gasteiger partial charge in [0.15, 0.2) is 0 Å². The van der Waals surface area contributed by atoms with Crippen LogP contribution in [0.1, 0.15) is 47.5 Å². The van der Waals surface area contributed by atoms with Gasteiger partial charge in [-0.15, -0.1) is 0 Å². The monoisotopic (exact) mass is 415 g/mol. The number of carbonyl (C=O) groups is 5. The fourth-order valence-electron chi connectivity index (χ4n) is 2.35. The van der Waals surface area contributed by atoms with Crippen LogP contribution in [-0.2, 0) is 24.0 Å². The van der Waals surface area contributed by atoms with Gasteiger partial charge >= 0.3 is 5.97 Å². The third-order valence-corrected chi connectivity index (χ3v) is 4.13. The van der Waals surface area contributed by atoms with Gasteiger partial charge in [-0.25, -0.2) is 4.79 Å². The molecule has 0 aliphatic carbocycles. The number of carboxylic acids is 1. The minimum atomic E-state index is -1.31. The lowest BCUT2D eigenvalue weighted by Crippen LogP contribution is -2.57. The zero-order chi connectivity index (χ0) is 22.9. The van der Waals surface area contributed by atoms with Crippen LogP contribution in [-0.4, -0.2) is 58.9 Å². The van der Waals surface area contributed by atoms with Crippen molar-refractivity contribution in [2.45, 2.75) is 71.6 Å². The summed E-state index contributed by atoms with van der Waals surface area (Å²) in [7, 11) is 0. The molecule has 0 saturated carbocycles. The van der Waals surface area contributed by atoms with E-state index < -0.39 is 60.2 Å². The molecular formula is C18H33N5O6. The van der Waals surface area contributed by atoms with E-state index >= 15 is 0 Å². The lowest BCUT2D eigenvalue weighted by molar-refractivity contribution is -0.142. The number of amides is 4. The highest BCUT2D eigenvalue weighted by Crippen LogP contribution is 2.06. The van der Waals surface area contributed by atoms with Crippen molar-refractivity contribution in [3.8, 4) is 0 Å². The molecular weight excluding hydrogens is 382 g/mol. The molecule has 0 heterocycles. The Morgan fingerprint density at radius 1 is 0.828 bits per heavy atom. The standard InChI is InChI=1S/C18H33N5O6/c1-8(2)6-12(18(28)29)23-15(25)10(5)21-16(26)11(7-13(19)24)22-17(27)14(20)9(3)4/h8-12,14H,6-7,20H2,1-5H3,(H2,19,24)(H,21,26)(H,22,27)(H,23,25)(H,28,29). The summed E-state index contributed by atoms with van der Waals surface area (Å²) in [6.07, 6.45) is -0.267. The van der Waals surface area contributed by atoms with Crippen molar-refractivity contribution >= 4 is 29.6 Å². The van der Waals surface area contributed by atoms with Gasteiger partial charge in [0, 0.05) is 0 Å². The molecule has 4 amide bonds. The fraction of sp³-hybridized carbons (Fsp3) is 0.722. The molecule has 11 nitrogen and oxygen atoms in total. The number of nitrogens with one attached hydrogen (secondary N) is 3. The molecule has 0 saturated heterocycles. The maximum atomic E-state index is 12.4. The van der Waals surface area contributed by atoms with Gasteiger partial charge in [0.25, 0.3) is 0 Å². The Bertz CT molecular complexity index is 622. The topological polar surface area (TPSA) is 194 Å². The smallest absolute Gasteiger partial charge is 0.326 e. The van der Waals surface area contributed by atoms with Gasteiger partial charge < -0.3 is 32.5 Å². The molecule has 166 valence electrons. The van der Waals surface area contributed by atoms with Crippen LogP contribution in [0.4, 0.5) is 0 Å². The van der Waals surface area contributed by atoms with Crippen molar-refractivity contribution < 1.29 is 29.1 Å². The predicted molar refractivity (Wildman–Crippen MR) is 105 cm³/mol. The van der Waals surface area contributed by atoms with Gasteiger partial charge in [-0.2, -0.15) is 0 Å². The lowest BCUT2D eigenvalue weighted by atomic mass is 10.0. The number of carboxylic acid groups (broad SMARTS) is 1. The zero-order valence-electron chi connectivity index (χ0n) is 17.5. The van der Waals surface area contributed by atoms with Crippen molar-refractivity contribution in [2.75, 3.05) is 0 Å². The number of aliphatic carboxylic acids is 1. The second-order valence-electron chi connectivity index (χ2n) is 7.76. The van der Waals surface area contributed by atoms with Crippen molar-refractivity contribution in [2.24, 2.45) is 23.3 Å². The average Bonchev–Trinajstić information content (AvgIpc) is 2.58. The van der Waals surface area contributed by atoms with Gasteiger partial charge in [0.05, 0.1) is 12.5 Å². The molecule has 0 aliphatic rings. The zero-order valence-corrected chi connectivity index (χ0v) is 17.5. The van der Waals surface area contributed by atoms with Gasteiger partial charge in [0.2, 0.25) is 23.6 Å². The molecule has 0 bridgehead atoms. The Balaban J connectivity index is 5.09. The van der Waals surface area contributed by atoms with Crippen LogP contribution in [0.25, 0.3) is 0 Å². The lowest BCUT2D eigenvalue weighted by Gasteiger charge is -2.24. The van der Waals surface area contributed by atoms with Crippen molar-refractivity contribution in [3.05, 3.63) is 0 Å². The molecule has 0 rings (SSSR count). The summed E-state index contributed by atoms with van der Waals surface area (Å²) < 4.78 is 0. The minimum absolute atomic E-state index is 0.0293. The normalized spacial score (nSPS) is 15.2. The van der Waals surface area contributed by atoms with E-state index in [0.29, 0.717) is 0 Å². The van der Waals surface area contributed by atoms with E-state index in [2.05, 4.69) is 16.0 Å². The largest absolute Gasteiger partial charge is 0.480 e. The summed E-state index contributed by atoms with van der Waals surface area (Å²) in [6.45, 7) is 8.41. The molecule has 0 aromatic carbocycles. The Hall–Kier alpha value is -2.69. The number of primary amides is 1. The predicted octanol–water partition coefficient (Wildman–Crippen LogP) is -1.55. The third kappa shape index (κ3) is 9.88. The highest BCUT2D eigenvalue weighted by molar-refractivity contribution is 5.96. The quantitative estimate of drug-likeness (QED) is 0.222. The van der Waals surface area contributed by atoms with E-state index in [0.717, 1.165) is 0 Å². The second kappa shape index (κ2) is 12.0. The molecule has 0 radical (unpaired) electrons. The number of carbonyl (C=O) groups excluding carboxylic acids is 4. The van der Waals surface area contributed by atoms with E-state index in [1.807, 2.05) is 13.8 Å². The molecule has 4 atom stereocenters. The van der Waals surface area contributed by atoms with E-state index in [9.17, 15) is 29.1 Å². The SMILES string of the molecule is CC(C)CC(NC(=O)C(C)NC(=O)C(CC(N)=O)NC(=O)C(N)C(C)C)C(=O)O. The summed E-state index contributed by atoms with van der Waals surface area (Å²) in [5.74, 6) is -4.36. The Morgan fingerprint density at radius 3 is 1.76 bits per heavy atom. The second-order valence-corrected chi connectivity index (χ2v) is 7.76. The molecule has 11 heteroatoms. The van der Waals surface area contributed by atoms with E-state index in [1.165, 1.54) is 6.92 Å². The van der Waals surface area contributed by atoms with Gasteiger partial charge in [-0.1, -0.05) is 27.7 Å². The van der Waals surface area contributed by atoms with Gasteiger partial charge in [-0.05, 0) is 25.2 Å². The number of rotatable bonds is 12. The van der Waals surface area contributed by atoms with Crippen molar-refractivity contribution in [1.82, 2.24) is 16.0 Å². The van der Waals surface area contributed by atoms with Crippen LogP contribution in [0, 0.1) is 11.8 Å². The Kier molecular flexibility index (Phi) is 10.9. The third-order valence-electron chi connectivity index (χ3n) is 4.13. The van der Waals surface area contributed by atoms with Crippen LogP contribution in [0.5, 0.6) is 0 Å². The molecule has 8 N–H and O–H groups in total. The first-order chi connectivity index (χ1) is 13.3. The van der Waals surface area contributed by atoms with Gasteiger partial charge in [0.1, 0.15) is 18.1 Å². The van der Waals surface area contributed by atoms with Crippen LogP contribution in [0.15, 0.2) is 0 Å². The molecule has 0 spiro atoms. The number of nitrogens with two attached hydrogens (primary N) is 2. The maximum Gasteiger partial charge on any atom is 0.326 e. The van der Waals surface area contributed by atoms with Crippen LogP contribution in [0.2, 0.25) is 0 Å². The summed E-state index contributed by atoms with van der Waals surface area (Å²) in [5.41, 5.74) is 10.9. The summed E-state index contributed by atoms with van der Waals surface area (Å²) >= 11 is 0. The molecule has 0 fully saturated rings. The summed E-state index contributed by atoms with van der Waals surface area (Å²) in [5, 5.41) is 16.3. The van der Waals surface area contributed by atoms with E-state index in [1.54, 1.807) is 13.8 Å². The van der Waals surface area contributed by atoms with E-state index in [-0.39, 0.29) is 18.3 Å². The summed E-state index contributed by atoms with van der Waals surface area (Å²) in [4.78, 5) is 59.3. The van der Waals surface area contributed by atoms with Gasteiger partial charge in [-0.3, -0.25) is 19.2 Å². The number of hydrogen-bond acceptors (Lipinski definition) is 6. The Morgan fingerprint density at radius 2 is 1.34 bits per heavy atom. The van der Waals surface area contributed by atoms with Crippen molar-refractivity contribution in [1.29, 1.82) is 0 Å². The average molecular weight is 415 g/mol. The van der Waals surface area contributed by atoms with Crippen LogP contribution in [0.3, 0.4) is 0 Å².